The number of benzene rings is 1. The predicted octanol–water partition coefficient (Wildman–Crippen LogP) is 4.19. The first-order valence-corrected chi connectivity index (χ1v) is 7.89. The molecule has 0 fully saturated rings. The van der Waals surface area contributed by atoms with Crippen molar-refractivity contribution in [3.63, 3.8) is 0 Å². The van der Waals surface area contributed by atoms with Gasteiger partial charge in [0.25, 0.3) is 0 Å². The number of Topliss-reactive ketones (excluding diaryl/α,β-unsaturated/α-hetero) is 1. The number of hydrogen-bond acceptors (Lipinski definition) is 4. The van der Waals surface area contributed by atoms with Gasteiger partial charge in [-0.25, -0.2) is 4.79 Å². The molecule has 1 aromatic carbocycles. The highest BCUT2D eigenvalue weighted by molar-refractivity contribution is 7.10. The van der Waals surface area contributed by atoms with Crippen LogP contribution in [0.2, 0.25) is 0 Å². The molecule has 4 heteroatoms. The van der Waals surface area contributed by atoms with Crippen LogP contribution in [-0.4, -0.2) is 17.9 Å². The van der Waals surface area contributed by atoms with Crippen LogP contribution in [0.15, 0.2) is 41.8 Å². The van der Waals surface area contributed by atoms with Gasteiger partial charge in [0.15, 0.2) is 6.10 Å². The van der Waals surface area contributed by atoms with Crippen molar-refractivity contribution in [3.05, 3.63) is 63.4 Å². The van der Waals surface area contributed by atoms with E-state index in [0.29, 0.717) is 5.56 Å². The standard InChI is InChI=1S/C18H18O3S/c1-12-6-7-13(2)16(11-12)18(20)14(3)21-17(19)9-8-15-5-4-10-22-15/h4-11,14H,1-3H3/b9-8+/t14-/m1/s1. The molecule has 114 valence electrons. The molecular formula is C18H18O3S. The Labute approximate surface area is 134 Å². The lowest BCUT2D eigenvalue weighted by Gasteiger charge is -2.13. The first-order valence-electron chi connectivity index (χ1n) is 7.01. The molecule has 22 heavy (non-hydrogen) atoms. The highest BCUT2D eigenvalue weighted by atomic mass is 32.1. The topological polar surface area (TPSA) is 43.4 Å². The fourth-order valence-corrected chi connectivity index (χ4v) is 2.64. The van der Waals surface area contributed by atoms with E-state index in [9.17, 15) is 9.59 Å². The van der Waals surface area contributed by atoms with Gasteiger partial charge in [-0.3, -0.25) is 4.79 Å². The van der Waals surface area contributed by atoms with Crippen LogP contribution in [0.5, 0.6) is 0 Å². The summed E-state index contributed by atoms with van der Waals surface area (Å²) in [5, 5.41) is 1.93. The molecule has 0 bridgehead atoms. The first-order chi connectivity index (χ1) is 10.5. The fourth-order valence-electron chi connectivity index (χ4n) is 2.02. The lowest BCUT2D eigenvalue weighted by molar-refractivity contribution is -0.140. The minimum absolute atomic E-state index is 0.181. The van der Waals surface area contributed by atoms with Crippen molar-refractivity contribution < 1.29 is 14.3 Å². The average Bonchev–Trinajstić information content (AvgIpc) is 3.00. The number of aryl methyl sites for hydroxylation is 2. The van der Waals surface area contributed by atoms with Gasteiger partial charge in [0.2, 0.25) is 5.78 Å². The summed E-state index contributed by atoms with van der Waals surface area (Å²) < 4.78 is 5.19. The summed E-state index contributed by atoms with van der Waals surface area (Å²) in [6.07, 6.45) is 2.22. The van der Waals surface area contributed by atoms with Gasteiger partial charge < -0.3 is 4.74 Å². The largest absolute Gasteiger partial charge is 0.451 e. The van der Waals surface area contributed by atoms with Crippen molar-refractivity contribution in [3.8, 4) is 0 Å². The predicted molar refractivity (Wildman–Crippen MR) is 89.2 cm³/mol. The van der Waals surface area contributed by atoms with Crippen LogP contribution < -0.4 is 0 Å². The lowest BCUT2D eigenvalue weighted by atomic mass is 9.99. The highest BCUT2D eigenvalue weighted by Gasteiger charge is 2.20. The summed E-state index contributed by atoms with van der Waals surface area (Å²) in [6.45, 7) is 5.40. The van der Waals surface area contributed by atoms with Crippen molar-refractivity contribution in [2.24, 2.45) is 0 Å². The maximum atomic E-state index is 12.4. The number of carbonyl (C=O) groups is 2. The number of ether oxygens (including phenoxy) is 1. The number of carbonyl (C=O) groups excluding carboxylic acids is 2. The second kappa shape index (κ2) is 7.18. The third kappa shape index (κ3) is 4.15. The summed E-state index contributed by atoms with van der Waals surface area (Å²) in [4.78, 5) is 25.1. The zero-order valence-corrected chi connectivity index (χ0v) is 13.6. The molecule has 1 aromatic heterocycles. The van der Waals surface area contributed by atoms with Crippen LogP contribution in [0.3, 0.4) is 0 Å². The van der Waals surface area contributed by atoms with Gasteiger partial charge >= 0.3 is 5.97 Å². The summed E-state index contributed by atoms with van der Waals surface area (Å²) in [5.41, 5.74) is 2.49. The molecule has 0 spiro atoms. The molecule has 3 nitrogen and oxygen atoms in total. The van der Waals surface area contributed by atoms with Crippen LogP contribution >= 0.6 is 11.3 Å². The Morgan fingerprint density at radius 3 is 2.68 bits per heavy atom. The number of rotatable bonds is 5. The maximum absolute atomic E-state index is 12.4. The lowest BCUT2D eigenvalue weighted by Crippen LogP contribution is -2.24. The Hall–Kier alpha value is -2.20. The summed E-state index contributed by atoms with van der Waals surface area (Å²) in [6, 6.07) is 9.48. The van der Waals surface area contributed by atoms with Gasteiger partial charge in [-0.2, -0.15) is 0 Å². The van der Waals surface area contributed by atoms with Crippen molar-refractivity contribution in [2.75, 3.05) is 0 Å². The van der Waals surface area contributed by atoms with E-state index in [1.165, 1.54) is 17.4 Å². The molecule has 2 aromatic rings. The zero-order valence-electron chi connectivity index (χ0n) is 12.8. The Balaban J connectivity index is 2.02. The number of ketones is 1. The van der Waals surface area contributed by atoms with Gasteiger partial charge in [-0.1, -0.05) is 23.8 Å². The van der Waals surface area contributed by atoms with E-state index in [1.807, 2.05) is 49.6 Å². The molecule has 0 saturated carbocycles. The molecule has 1 heterocycles. The molecule has 0 aliphatic rings. The van der Waals surface area contributed by atoms with Gasteiger partial charge in [0, 0.05) is 16.5 Å². The monoisotopic (exact) mass is 314 g/mol. The third-order valence-corrected chi connectivity index (χ3v) is 4.09. The van der Waals surface area contributed by atoms with Crippen LogP contribution in [0.4, 0.5) is 0 Å². The van der Waals surface area contributed by atoms with Crippen molar-refractivity contribution in [1.82, 2.24) is 0 Å². The normalized spacial score (nSPS) is 12.3. The van der Waals surface area contributed by atoms with E-state index in [2.05, 4.69) is 0 Å². The minimum Gasteiger partial charge on any atom is -0.451 e. The Bertz CT molecular complexity index is 699. The highest BCUT2D eigenvalue weighted by Crippen LogP contribution is 2.15. The van der Waals surface area contributed by atoms with Crippen molar-refractivity contribution in [2.45, 2.75) is 26.9 Å². The molecule has 0 unspecified atom stereocenters. The Kier molecular flexibility index (Phi) is 5.28. The van der Waals surface area contributed by atoms with E-state index in [0.717, 1.165) is 16.0 Å². The fraction of sp³-hybridized carbons (Fsp3) is 0.222. The molecule has 0 aliphatic carbocycles. The van der Waals surface area contributed by atoms with E-state index in [4.69, 9.17) is 4.74 Å². The van der Waals surface area contributed by atoms with Crippen LogP contribution in [0, 0.1) is 13.8 Å². The van der Waals surface area contributed by atoms with Gasteiger partial charge in [-0.15, -0.1) is 11.3 Å². The van der Waals surface area contributed by atoms with E-state index in [1.54, 1.807) is 13.0 Å². The smallest absolute Gasteiger partial charge is 0.331 e. The van der Waals surface area contributed by atoms with Gasteiger partial charge in [0.05, 0.1) is 0 Å². The number of hydrogen-bond donors (Lipinski definition) is 0. The average molecular weight is 314 g/mol. The summed E-state index contributed by atoms with van der Waals surface area (Å²) in [5.74, 6) is -0.696. The quantitative estimate of drug-likeness (QED) is 0.472. The summed E-state index contributed by atoms with van der Waals surface area (Å²) in [7, 11) is 0. The molecule has 0 aliphatic heterocycles. The van der Waals surface area contributed by atoms with Crippen LogP contribution in [0.1, 0.15) is 33.3 Å². The second-order valence-corrected chi connectivity index (χ2v) is 6.09. The molecule has 0 N–H and O–H groups in total. The second-order valence-electron chi connectivity index (χ2n) is 5.11. The van der Waals surface area contributed by atoms with E-state index in [-0.39, 0.29) is 5.78 Å². The maximum Gasteiger partial charge on any atom is 0.331 e. The van der Waals surface area contributed by atoms with E-state index < -0.39 is 12.1 Å². The number of esters is 1. The van der Waals surface area contributed by atoms with Crippen molar-refractivity contribution >= 4 is 29.2 Å². The van der Waals surface area contributed by atoms with E-state index >= 15 is 0 Å². The molecule has 1 atom stereocenters. The minimum atomic E-state index is -0.805. The third-order valence-electron chi connectivity index (χ3n) is 3.25. The Morgan fingerprint density at radius 2 is 2.00 bits per heavy atom. The van der Waals surface area contributed by atoms with Crippen molar-refractivity contribution in [1.29, 1.82) is 0 Å². The molecule has 0 amide bonds. The molecular weight excluding hydrogens is 296 g/mol. The molecule has 2 rings (SSSR count). The van der Waals surface area contributed by atoms with Gasteiger partial charge in [-0.05, 0) is 49.9 Å². The SMILES string of the molecule is Cc1ccc(C)c(C(=O)[C@@H](C)OC(=O)/C=C/c2cccs2)c1. The summed E-state index contributed by atoms with van der Waals surface area (Å²) >= 11 is 1.53. The zero-order chi connectivity index (χ0) is 16.1. The Morgan fingerprint density at radius 1 is 1.23 bits per heavy atom. The van der Waals surface area contributed by atoms with Crippen LogP contribution in [0.25, 0.3) is 6.08 Å². The molecule has 0 saturated heterocycles. The number of thiophene rings is 1. The first kappa shape index (κ1) is 16.2. The molecule has 0 radical (unpaired) electrons. The van der Waals surface area contributed by atoms with Gasteiger partial charge in [0.1, 0.15) is 0 Å². The van der Waals surface area contributed by atoms with Crippen LogP contribution in [-0.2, 0) is 9.53 Å².